The Labute approximate surface area is 189 Å². The van der Waals surface area contributed by atoms with Gasteiger partial charge in [0.1, 0.15) is 11.6 Å². The molecule has 2 aromatic heterocycles. The fourth-order valence-corrected chi connectivity index (χ4v) is 3.49. The zero-order chi connectivity index (χ0) is 22.6. The van der Waals surface area contributed by atoms with E-state index >= 15 is 0 Å². The Morgan fingerprint density at radius 1 is 1.06 bits per heavy atom. The minimum Gasteiger partial charge on any atom is -0.484 e. The van der Waals surface area contributed by atoms with Gasteiger partial charge in [0, 0.05) is 22.0 Å². The predicted molar refractivity (Wildman–Crippen MR) is 128 cm³/mol. The summed E-state index contributed by atoms with van der Waals surface area (Å²) in [5, 5.41) is 14.8. The second kappa shape index (κ2) is 8.80. The monoisotopic (exact) mass is 436 g/mol. The topological polar surface area (TPSA) is 105 Å². The number of benzene rings is 3. The molecule has 0 fully saturated rings. The van der Waals surface area contributed by atoms with Gasteiger partial charge in [0.25, 0.3) is 5.91 Å². The third-order valence-electron chi connectivity index (χ3n) is 5.03. The van der Waals surface area contributed by atoms with Gasteiger partial charge < -0.3 is 15.4 Å². The second-order valence-electron chi connectivity index (χ2n) is 7.30. The van der Waals surface area contributed by atoms with Crippen LogP contribution in [0, 0.1) is 0 Å². The Kier molecular flexibility index (Phi) is 5.38. The zero-order valence-electron chi connectivity index (χ0n) is 17.6. The van der Waals surface area contributed by atoms with Crippen LogP contribution in [0.15, 0.2) is 85.7 Å². The van der Waals surface area contributed by atoms with E-state index in [1.807, 2.05) is 60.7 Å². The Morgan fingerprint density at radius 3 is 2.88 bits per heavy atom. The Hall–Kier alpha value is -4.72. The van der Waals surface area contributed by atoms with E-state index in [-0.39, 0.29) is 12.5 Å². The quantitative estimate of drug-likeness (QED) is 0.346. The van der Waals surface area contributed by atoms with Gasteiger partial charge in [-0.3, -0.25) is 9.89 Å². The van der Waals surface area contributed by atoms with Crippen molar-refractivity contribution in [2.45, 2.75) is 0 Å². The molecule has 3 N–H and O–H groups in total. The van der Waals surface area contributed by atoms with Gasteiger partial charge in [-0.05, 0) is 48.7 Å². The highest BCUT2D eigenvalue weighted by molar-refractivity contribution is 5.93. The first-order valence-corrected chi connectivity index (χ1v) is 10.3. The van der Waals surface area contributed by atoms with E-state index in [1.165, 1.54) is 6.20 Å². The van der Waals surface area contributed by atoms with E-state index in [4.69, 9.17) is 14.7 Å². The smallest absolute Gasteiger partial charge is 0.261 e. The summed E-state index contributed by atoms with van der Waals surface area (Å²) in [7, 11) is 0. The van der Waals surface area contributed by atoms with Crippen LogP contribution in [0.2, 0.25) is 0 Å². The van der Waals surface area contributed by atoms with Gasteiger partial charge >= 0.3 is 0 Å². The number of nitrogens with one attached hydrogen (secondary N) is 3. The lowest BCUT2D eigenvalue weighted by atomic mass is 10.1. The molecule has 8 heteroatoms. The molecule has 33 heavy (non-hydrogen) atoms. The highest BCUT2D eigenvalue weighted by Gasteiger charge is 2.11. The van der Waals surface area contributed by atoms with Crippen molar-refractivity contribution in [2.24, 2.45) is 0 Å². The van der Waals surface area contributed by atoms with Crippen LogP contribution < -0.4 is 15.4 Å². The SMILES string of the molecule is C=CNC(=O)COc1cccc(-c2nc(Nc3ccc4[nH]ncc4c3)c3ccccc3n2)c1. The van der Waals surface area contributed by atoms with Crippen molar-refractivity contribution in [3.63, 3.8) is 0 Å². The van der Waals surface area contributed by atoms with Crippen molar-refractivity contribution < 1.29 is 9.53 Å². The largest absolute Gasteiger partial charge is 0.484 e. The molecule has 0 aliphatic rings. The Bertz CT molecular complexity index is 1480. The summed E-state index contributed by atoms with van der Waals surface area (Å²) in [6, 6.07) is 21.1. The van der Waals surface area contributed by atoms with E-state index in [0.29, 0.717) is 17.4 Å². The number of nitrogens with zero attached hydrogens (tertiary/aromatic N) is 3. The van der Waals surface area contributed by atoms with Crippen molar-refractivity contribution in [3.05, 3.63) is 85.7 Å². The number of fused-ring (bicyclic) bond motifs is 2. The summed E-state index contributed by atoms with van der Waals surface area (Å²) >= 11 is 0. The molecule has 5 aromatic rings. The molecule has 0 radical (unpaired) electrons. The number of carbonyl (C=O) groups is 1. The first-order valence-electron chi connectivity index (χ1n) is 10.3. The molecule has 0 spiro atoms. The summed E-state index contributed by atoms with van der Waals surface area (Å²) in [5.74, 6) is 1.50. The van der Waals surface area contributed by atoms with E-state index < -0.39 is 0 Å². The number of anilines is 2. The fraction of sp³-hybridized carbons (Fsp3) is 0.0400. The fourth-order valence-electron chi connectivity index (χ4n) is 3.49. The molecule has 0 bridgehead atoms. The van der Waals surface area contributed by atoms with Crippen LogP contribution in [0.3, 0.4) is 0 Å². The number of aromatic nitrogens is 4. The molecular weight excluding hydrogens is 416 g/mol. The molecule has 3 aromatic carbocycles. The molecular formula is C25H20N6O2. The number of H-pyrrole nitrogens is 1. The lowest BCUT2D eigenvalue weighted by molar-refractivity contribution is -0.122. The maximum absolute atomic E-state index is 11.7. The average Bonchev–Trinajstić information content (AvgIpc) is 3.31. The summed E-state index contributed by atoms with van der Waals surface area (Å²) in [4.78, 5) is 21.2. The van der Waals surface area contributed by atoms with Gasteiger partial charge in [0.05, 0.1) is 17.2 Å². The van der Waals surface area contributed by atoms with Crippen LogP contribution in [0.4, 0.5) is 11.5 Å². The lowest BCUT2D eigenvalue weighted by Crippen LogP contribution is -2.23. The molecule has 0 saturated heterocycles. The number of carbonyl (C=O) groups excluding carboxylic acids is 1. The van der Waals surface area contributed by atoms with E-state index in [0.717, 1.165) is 33.1 Å². The highest BCUT2D eigenvalue weighted by atomic mass is 16.5. The van der Waals surface area contributed by atoms with Crippen molar-refractivity contribution >= 4 is 39.2 Å². The molecule has 1 amide bonds. The highest BCUT2D eigenvalue weighted by Crippen LogP contribution is 2.29. The molecule has 162 valence electrons. The van der Waals surface area contributed by atoms with Crippen LogP contribution in [0.1, 0.15) is 0 Å². The second-order valence-corrected chi connectivity index (χ2v) is 7.30. The van der Waals surface area contributed by atoms with Gasteiger partial charge in [-0.15, -0.1) is 0 Å². The van der Waals surface area contributed by atoms with E-state index in [2.05, 4.69) is 27.4 Å². The van der Waals surface area contributed by atoms with Gasteiger partial charge in [-0.1, -0.05) is 30.8 Å². The van der Waals surface area contributed by atoms with Crippen LogP contribution >= 0.6 is 0 Å². The molecule has 5 rings (SSSR count). The van der Waals surface area contributed by atoms with Gasteiger partial charge in [0.15, 0.2) is 12.4 Å². The van der Waals surface area contributed by atoms with Gasteiger partial charge in [-0.2, -0.15) is 5.10 Å². The Morgan fingerprint density at radius 2 is 1.97 bits per heavy atom. The molecule has 0 atom stereocenters. The maximum atomic E-state index is 11.7. The number of hydrogen-bond donors (Lipinski definition) is 3. The maximum Gasteiger partial charge on any atom is 0.261 e. The predicted octanol–water partition coefficient (Wildman–Crippen LogP) is 4.56. The molecule has 2 heterocycles. The summed E-state index contributed by atoms with van der Waals surface area (Å²) in [6.07, 6.45) is 3.11. The normalized spacial score (nSPS) is 10.8. The minimum atomic E-state index is -0.279. The van der Waals surface area contributed by atoms with Crippen LogP contribution in [-0.4, -0.2) is 32.7 Å². The van der Waals surface area contributed by atoms with Crippen molar-refractivity contribution in [1.29, 1.82) is 0 Å². The number of amides is 1. The standard InChI is InChI=1S/C25H20N6O2/c1-2-26-23(32)15-33-19-7-5-6-16(13-19)24-29-22-9-4-3-8-20(22)25(30-24)28-18-10-11-21-17(12-18)14-27-31-21/h2-14H,1,15H2,(H,26,32)(H,27,31)(H,28,29,30). The number of hydrogen-bond acceptors (Lipinski definition) is 6. The third kappa shape index (κ3) is 4.35. The average molecular weight is 436 g/mol. The third-order valence-corrected chi connectivity index (χ3v) is 5.03. The van der Waals surface area contributed by atoms with Crippen LogP contribution in [-0.2, 0) is 4.79 Å². The summed E-state index contributed by atoms with van der Waals surface area (Å²) < 4.78 is 5.59. The van der Waals surface area contributed by atoms with Crippen molar-refractivity contribution in [3.8, 4) is 17.1 Å². The van der Waals surface area contributed by atoms with E-state index in [1.54, 1.807) is 12.3 Å². The molecule has 0 unspecified atom stereocenters. The van der Waals surface area contributed by atoms with Gasteiger partial charge in [0.2, 0.25) is 0 Å². The molecule has 0 aliphatic carbocycles. The summed E-state index contributed by atoms with van der Waals surface area (Å²) in [5.41, 5.74) is 3.44. The number of ether oxygens (including phenoxy) is 1. The zero-order valence-corrected chi connectivity index (χ0v) is 17.6. The van der Waals surface area contributed by atoms with E-state index in [9.17, 15) is 4.79 Å². The first kappa shape index (κ1) is 20.2. The number of rotatable bonds is 7. The minimum absolute atomic E-state index is 0.114. The number of aromatic amines is 1. The molecule has 8 nitrogen and oxygen atoms in total. The van der Waals surface area contributed by atoms with Crippen LogP contribution in [0.25, 0.3) is 33.2 Å². The Balaban J connectivity index is 1.50. The summed E-state index contributed by atoms with van der Waals surface area (Å²) in [6.45, 7) is 3.36. The number of para-hydroxylation sites is 1. The van der Waals surface area contributed by atoms with Crippen molar-refractivity contribution in [1.82, 2.24) is 25.5 Å². The lowest BCUT2D eigenvalue weighted by Gasteiger charge is -2.12. The first-order chi connectivity index (χ1) is 16.2. The molecule has 0 aliphatic heterocycles. The van der Waals surface area contributed by atoms with Crippen LogP contribution in [0.5, 0.6) is 5.75 Å². The van der Waals surface area contributed by atoms with Gasteiger partial charge in [-0.25, -0.2) is 9.97 Å². The molecule has 0 saturated carbocycles. The van der Waals surface area contributed by atoms with Crippen molar-refractivity contribution in [2.75, 3.05) is 11.9 Å².